The third-order valence-corrected chi connectivity index (χ3v) is 3.74. The lowest BCUT2D eigenvalue weighted by atomic mass is 10.2. The highest BCUT2D eigenvalue weighted by molar-refractivity contribution is 5.72. The SMILES string of the molecule is CC(=O)NCc1cnc([C@@H]2CN(c3cccc(C)n3)CCO2)[nH]1. The molecule has 0 aliphatic carbocycles. The summed E-state index contributed by atoms with van der Waals surface area (Å²) in [6.45, 7) is 6.06. The van der Waals surface area contributed by atoms with Crippen molar-refractivity contribution in [1.29, 1.82) is 0 Å². The molecule has 0 unspecified atom stereocenters. The fourth-order valence-electron chi connectivity index (χ4n) is 2.58. The Hall–Kier alpha value is -2.41. The third kappa shape index (κ3) is 3.87. The fraction of sp³-hybridized carbons (Fsp3) is 0.438. The molecule has 3 rings (SSSR count). The summed E-state index contributed by atoms with van der Waals surface area (Å²) >= 11 is 0. The predicted molar refractivity (Wildman–Crippen MR) is 86.0 cm³/mol. The minimum Gasteiger partial charge on any atom is -0.367 e. The van der Waals surface area contributed by atoms with Crippen LogP contribution >= 0.6 is 0 Å². The summed E-state index contributed by atoms with van der Waals surface area (Å²) in [7, 11) is 0. The molecular weight excluding hydrogens is 294 g/mol. The molecule has 2 aromatic heterocycles. The summed E-state index contributed by atoms with van der Waals surface area (Å²) in [6.07, 6.45) is 1.61. The Kier molecular flexibility index (Phi) is 4.57. The van der Waals surface area contributed by atoms with Crippen LogP contribution in [0.5, 0.6) is 0 Å². The quantitative estimate of drug-likeness (QED) is 0.889. The van der Waals surface area contributed by atoms with Crippen LogP contribution in [0.1, 0.15) is 30.2 Å². The van der Waals surface area contributed by atoms with E-state index in [0.29, 0.717) is 19.7 Å². The molecule has 0 bridgehead atoms. The second-order valence-corrected chi connectivity index (χ2v) is 5.65. The van der Waals surface area contributed by atoms with Gasteiger partial charge in [-0.1, -0.05) is 6.07 Å². The Bertz CT molecular complexity index is 685. The van der Waals surface area contributed by atoms with Gasteiger partial charge in [-0.2, -0.15) is 0 Å². The van der Waals surface area contributed by atoms with Gasteiger partial charge in [0.1, 0.15) is 17.7 Å². The molecule has 3 heterocycles. The Labute approximate surface area is 135 Å². The molecule has 0 aromatic carbocycles. The van der Waals surface area contributed by atoms with Gasteiger partial charge >= 0.3 is 0 Å². The summed E-state index contributed by atoms with van der Waals surface area (Å²) in [5.74, 6) is 1.68. The number of morpholine rings is 1. The number of ether oxygens (including phenoxy) is 1. The number of carbonyl (C=O) groups excluding carboxylic acids is 1. The zero-order valence-corrected chi connectivity index (χ0v) is 13.4. The largest absolute Gasteiger partial charge is 0.367 e. The zero-order chi connectivity index (χ0) is 16.2. The van der Waals surface area contributed by atoms with E-state index < -0.39 is 0 Å². The molecule has 1 amide bonds. The van der Waals surface area contributed by atoms with Gasteiger partial charge in [0.25, 0.3) is 0 Å². The second-order valence-electron chi connectivity index (χ2n) is 5.65. The first-order valence-corrected chi connectivity index (χ1v) is 7.70. The number of aromatic amines is 1. The molecule has 1 fully saturated rings. The van der Waals surface area contributed by atoms with Gasteiger partial charge in [-0.25, -0.2) is 9.97 Å². The van der Waals surface area contributed by atoms with Crippen molar-refractivity contribution in [3.63, 3.8) is 0 Å². The molecule has 0 spiro atoms. The van der Waals surface area contributed by atoms with E-state index in [2.05, 4.69) is 25.2 Å². The van der Waals surface area contributed by atoms with Gasteiger partial charge in [0.2, 0.25) is 5.91 Å². The maximum Gasteiger partial charge on any atom is 0.217 e. The molecule has 23 heavy (non-hydrogen) atoms. The number of aromatic nitrogens is 3. The van der Waals surface area contributed by atoms with Crippen LogP contribution in [-0.2, 0) is 16.1 Å². The second kappa shape index (κ2) is 6.78. The standard InChI is InChI=1S/C16H21N5O2/c1-11-4-3-5-15(19-11)21-6-7-23-14(10-21)16-18-9-13(20-16)8-17-12(2)22/h3-5,9,14H,6-8,10H2,1-2H3,(H,17,22)(H,18,20)/t14-/m0/s1. The minimum absolute atomic E-state index is 0.0632. The summed E-state index contributed by atoms with van der Waals surface area (Å²) in [6, 6.07) is 6.02. The highest BCUT2D eigenvalue weighted by Gasteiger charge is 2.25. The van der Waals surface area contributed by atoms with Crippen LogP contribution in [0.3, 0.4) is 0 Å². The first kappa shape index (κ1) is 15.5. The first-order valence-electron chi connectivity index (χ1n) is 7.70. The van der Waals surface area contributed by atoms with Gasteiger partial charge in [0.15, 0.2) is 0 Å². The van der Waals surface area contributed by atoms with Gasteiger partial charge in [0.05, 0.1) is 31.6 Å². The van der Waals surface area contributed by atoms with E-state index in [9.17, 15) is 4.79 Å². The molecule has 1 saturated heterocycles. The van der Waals surface area contributed by atoms with E-state index in [-0.39, 0.29) is 12.0 Å². The highest BCUT2D eigenvalue weighted by Crippen LogP contribution is 2.23. The predicted octanol–water partition coefficient (Wildman–Crippen LogP) is 1.33. The molecule has 0 saturated carbocycles. The molecule has 1 atom stereocenters. The number of anilines is 1. The van der Waals surface area contributed by atoms with Gasteiger partial charge in [-0.3, -0.25) is 4.79 Å². The van der Waals surface area contributed by atoms with E-state index in [4.69, 9.17) is 4.74 Å². The van der Waals surface area contributed by atoms with Gasteiger partial charge < -0.3 is 19.9 Å². The van der Waals surface area contributed by atoms with Crippen LogP contribution in [0.4, 0.5) is 5.82 Å². The van der Waals surface area contributed by atoms with Crippen LogP contribution in [0.25, 0.3) is 0 Å². The van der Waals surface area contributed by atoms with Crippen molar-refractivity contribution in [2.24, 2.45) is 0 Å². The molecule has 7 heteroatoms. The third-order valence-electron chi connectivity index (χ3n) is 3.74. The van der Waals surface area contributed by atoms with E-state index in [1.54, 1.807) is 6.20 Å². The molecule has 1 aliphatic heterocycles. The highest BCUT2D eigenvalue weighted by atomic mass is 16.5. The number of hydrogen-bond acceptors (Lipinski definition) is 5. The van der Waals surface area contributed by atoms with Gasteiger partial charge in [-0.15, -0.1) is 0 Å². The average Bonchev–Trinajstić information content (AvgIpc) is 3.02. The van der Waals surface area contributed by atoms with Gasteiger partial charge in [0, 0.05) is 19.2 Å². The van der Waals surface area contributed by atoms with Crippen LogP contribution in [0.15, 0.2) is 24.4 Å². The van der Waals surface area contributed by atoms with Crippen molar-refractivity contribution in [1.82, 2.24) is 20.3 Å². The number of nitrogens with zero attached hydrogens (tertiary/aromatic N) is 3. The summed E-state index contributed by atoms with van der Waals surface area (Å²) in [5, 5.41) is 2.75. The molecular formula is C16H21N5O2. The molecule has 7 nitrogen and oxygen atoms in total. The molecule has 1 aliphatic rings. The number of carbonyl (C=O) groups is 1. The average molecular weight is 315 g/mol. The van der Waals surface area contributed by atoms with Crippen LogP contribution in [0.2, 0.25) is 0 Å². The smallest absolute Gasteiger partial charge is 0.217 e. The van der Waals surface area contributed by atoms with E-state index in [1.165, 1.54) is 6.92 Å². The van der Waals surface area contributed by atoms with E-state index in [0.717, 1.165) is 29.6 Å². The normalized spacial score (nSPS) is 18.0. The van der Waals surface area contributed by atoms with Crippen molar-refractivity contribution in [2.45, 2.75) is 26.5 Å². The summed E-state index contributed by atoms with van der Waals surface area (Å²) in [5.41, 5.74) is 1.87. The molecule has 122 valence electrons. The molecule has 2 N–H and O–H groups in total. The van der Waals surface area contributed by atoms with Crippen LogP contribution in [0, 0.1) is 6.92 Å². The lowest BCUT2D eigenvalue weighted by Crippen LogP contribution is -2.39. The number of imidazole rings is 1. The van der Waals surface area contributed by atoms with Crippen molar-refractivity contribution in [3.05, 3.63) is 41.6 Å². The van der Waals surface area contributed by atoms with Crippen LogP contribution < -0.4 is 10.2 Å². The number of rotatable bonds is 4. The monoisotopic (exact) mass is 315 g/mol. The number of H-pyrrole nitrogens is 1. The molecule has 0 radical (unpaired) electrons. The Morgan fingerprint density at radius 1 is 1.52 bits per heavy atom. The number of aryl methyl sites for hydroxylation is 1. The maximum atomic E-state index is 11.0. The lowest BCUT2D eigenvalue weighted by molar-refractivity contribution is -0.119. The number of pyridine rings is 1. The number of nitrogens with one attached hydrogen (secondary N) is 2. The Morgan fingerprint density at radius 3 is 3.17 bits per heavy atom. The number of amides is 1. The summed E-state index contributed by atoms with van der Waals surface area (Å²) < 4.78 is 5.83. The van der Waals surface area contributed by atoms with Crippen molar-refractivity contribution < 1.29 is 9.53 Å². The Morgan fingerprint density at radius 2 is 2.39 bits per heavy atom. The minimum atomic E-state index is -0.128. The van der Waals surface area contributed by atoms with E-state index >= 15 is 0 Å². The summed E-state index contributed by atoms with van der Waals surface area (Å²) in [4.78, 5) is 25.4. The first-order chi connectivity index (χ1) is 11.1. The van der Waals surface area contributed by atoms with Crippen molar-refractivity contribution >= 4 is 11.7 Å². The van der Waals surface area contributed by atoms with Crippen LogP contribution in [-0.4, -0.2) is 40.6 Å². The lowest BCUT2D eigenvalue weighted by Gasteiger charge is -2.33. The molecule has 2 aromatic rings. The topological polar surface area (TPSA) is 83.1 Å². The maximum absolute atomic E-state index is 11.0. The van der Waals surface area contributed by atoms with Gasteiger partial charge in [-0.05, 0) is 19.1 Å². The number of hydrogen-bond donors (Lipinski definition) is 2. The fourth-order valence-corrected chi connectivity index (χ4v) is 2.58. The van der Waals surface area contributed by atoms with Crippen molar-refractivity contribution in [2.75, 3.05) is 24.6 Å². The zero-order valence-electron chi connectivity index (χ0n) is 13.4. The Balaban J connectivity index is 1.67. The van der Waals surface area contributed by atoms with Crippen molar-refractivity contribution in [3.8, 4) is 0 Å². The van der Waals surface area contributed by atoms with E-state index in [1.807, 2.05) is 25.1 Å².